The highest BCUT2D eigenvalue weighted by atomic mass is 32.2. The fraction of sp³-hybridized carbons (Fsp3) is 0.800. The van der Waals surface area contributed by atoms with Gasteiger partial charge >= 0.3 is 5.97 Å². The Kier molecular flexibility index (Phi) is 5.62. The first kappa shape index (κ1) is 13.3. The summed E-state index contributed by atoms with van der Waals surface area (Å²) < 4.78 is 0. The Hall–Kier alpha value is -0.750. The van der Waals surface area contributed by atoms with Gasteiger partial charge in [0.05, 0.1) is 23.7 Å². The highest BCUT2D eigenvalue weighted by molar-refractivity contribution is 8.00. The molecule has 1 aliphatic carbocycles. The summed E-state index contributed by atoms with van der Waals surface area (Å²) in [5.74, 6) is -1.05. The number of hydrogen-bond acceptors (Lipinski definition) is 4. The van der Waals surface area contributed by atoms with E-state index in [4.69, 9.17) is 5.11 Å². The molecule has 6 heteroatoms. The maximum absolute atomic E-state index is 11.4. The Morgan fingerprint density at radius 1 is 1.25 bits per heavy atom. The number of amides is 1. The molecular weight excluding hydrogens is 230 g/mol. The topological polar surface area (TPSA) is 86.6 Å². The van der Waals surface area contributed by atoms with E-state index in [1.807, 2.05) is 0 Å². The van der Waals surface area contributed by atoms with Crippen LogP contribution in [0.1, 0.15) is 25.7 Å². The van der Waals surface area contributed by atoms with Gasteiger partial charge < -0.3 is 15.5 Å². The van der Waals surface area contributed by atoms with Crippen LogP contribution in [0.15, 0.2) is 0 Å². The van der Waals surface area contributed by atoms with Crippen LogP contribution in [0.3, 0.4) is 0 Å². The number of carboxylic acid groups (broad SMARTS) is 1. The molecule has 0 aromatic rings. The molecule has 0 aromatic heterocycles. The van der Waals surface area contributed by atoms with Crippen LogP contribution >= 0.6 is 11.8 Å². The summed E-state index contributed by atoms with van der Waals surface area (Å²) >= 11 is 1.07. The summed E-state index contributed by atoms with van der Waals surface area (Å²) in [5.41, 5.74) is 0. The third-order valence-corrected chi connectivity index (χ3v) is 3.45. The van der Waals surface area contributed by atoms with Gasteiger partial charge in [0.1, 0.15) is 0 Å². The number of hydrogen-bond donors (Lipinski definition) is 3. The molecule has 2 unspecified atom stereocenters. The van der Waals surface area contributed by atoms with Crippen LogP contribution in [0.4, 0.5) is 0 Å². The lowest BCUT2D eigenvalue weighted by atomic mass is 9.93. The van der Waals surface area contributed by atoms with Crippen molar-refractivity contribution in [2.45, 2.75) is 37.8 Å². The van der Waals surface area contributed by atoms with Gasteiger partial charge in [0.15, 0.2) is 0 Å². The van der Waals surface area contributed by atoms with E-state index in [1.54, 1.807) is 0 Å². The van der Waals surface area contributed by atoms with E-state index in [9.17, 15) is 14.7 Å². The maximum Gasteiger partial charge on any atom is 0.313 e. The fourth-order valence-corrected chi connectivity index (χ4v) is 2.30. The quantitative estimate of drug-likeness (QED) is 0.647. The standard InChI is InChI=1S/C10H17NO4S/c12-8-4-2-1-3-7(8)11-9(13)5-16-6-10(14)15/h7-8,12H,1-6H2,(H,11,13)(H,14,15). The van der Waals surface area contributed by atoms with Crippen molar-refractivity contribution in [3.05, 3.63) is 0 Å². The Bertz CT molecular complexity index is 259. The zero-order valence-electron chi connectivity index (χ0n) is 9.02. The number of aliphatic hydroxyl groups excluding tert-OH is 1. The molecule has 1 saturated carbocycles. The normalized spacial score (nSPS) is 25.1. The van der Waals surface area contributed by atoms with Crippen molar-refractivity contribution in [3.8, 4) is 0 Å². The van der Waals surface area contributed by atoms with E-state index in [2.05, 4.69) is 5.32 Å². The summed E-state index contributed by atoms with van der Waals surface area (Å²) in [5, 5.41) is 20.8. The van der Waals surface area contributed by atoms with Crippen LogP contribution in [0, 0.1) is 0 Å². The molecule has 1 rings (SSSR count). The Morgan fingerprint density at radius 3 is 2.56 bits per heavy atom. The van der Waals surface area contributed by atoms with E-state index in [-0.39, 0.29) is 23.5 Å². The Balaban J connectivity index is 2.19. The summed E-state index contributed by atoms with van der Waals surface area (Å²) in [6.45, 7) is 0. The van der Waals surface area contributed by atoms with Crippen LogP contribution in [0.2, 0.25) is 0 Å². The molecule has 1 fully saturated rings. The zero-order chi connectivity index (χ0) is 12.0. The first-order valence-corrected chi connectivity index (χ1v) is 6.52. The third-order valence-electron chi connectivity index (χ3n) is 2.53. The van der Waals surface area contributed by atoms with Crippen molar-refractivity contribution in [1.29, 1.82) is 0 Å². The number of nitrogens with one attached hydrogen (secondary N) is 1. The summed E-state index contributed by atoms with van der Waals surface area (Å²) in [4.78, 5) is 21.6. The summed E-state index contributed by atoms with van der Waals surface area (Å²) in [7, 11) is 0. The Labute approximate surface area is 98.6 Å². The molecule has 0 heterocycles. The average Bonchev–Trinajstić information content (AvgIpc) is 2.21. The lowest BCUT2D eigenvalue weighted by Gasteiger charge is -2.28. The first-order valence-electron chi connectivity index (χ1n) is 5.36. The largest absolute Gasteiger partial charge is 0.481 e. The molecule has 0 radical (unpaired) electrons. The van der Waals surface area contributed by atoms with Crippen molar-refractivity contribution in [2.75, 3.05) is 11.5 Å². The van der Waals surface area contributed by atoms with Crippen LogP contribution in [-0.4, -0.2) is 45.7 Å². The molecule has 0 saturated heterocycles. The van der Waals surface area contributed by atoms with Gasteiger partial charge in [-0.05, 0) is 12.8 Å². The second-order valence-corrected chi connectivity index (χ2v) is 4.90. The number of carboxylic acids is 1. The number of carbonyl (C=O) groups excluding carboxylic acids is 1. The number of aliphatic hydroxyl groups is 1. The van der Waals surface area contributed by atoms with Crippen molar-refractivity contribution < 1.29 is 19.8 Å². The van der Waals surface area contributed by atoms with Gasteiger partial charge in [-0.1, -0.05) is 12.8 Å². The number of aliphatic carboxylic acids is 1. The van der Waals surface area contributed by atoms with Gasteiger partial charge in [0.2, 0.25) is 5.91 Å². The number of thioether (sulfide) groups is 1. The highest BCUT2D eigenvalue weighted by Gasteiger charge is 2.24. The second-order valence-electron chi connectivity index (χ2n) is 3.91. The minimum absolute atomic E-state index is 0.0688. The molecule has 5 nitrogen and oxygen atoms in total. The first-order chi connectivity index (χ1) is 7.59. The molecule has 0 aromatic carbocycles. The minimum atomic E-state index is -0.921. The molecular formula is C10H17NO4S. The van der Waals surface area contributed by atoms with Crippen LogP contribution in [-0.2, 0) is 9.59 Å². The van der Waals surface area contributed by atoms with Crippen molar-refractivity contribution >= 4 is 23.6 Å². The third kappa shape index (κ3) is 4.85. The summed E-state index contributed by atoms with van der Waals surface area (Å²) in [6, 6.07) is -0.160. The van der Waals surface area contributed by atoms with Crippen LogP contribution < -0.4 is 5.32 Å². The highest BCUT2D eigenvalue weighted by Crippen LogP contribution is 2.18. The minimum Gasteiger partial charge on any atom is -0.481 e. The Morgan fingerprint density at radius 2 is 1.94 bits per heavy atom. The molecule has 0 bridgehead atoms. The maximum atomic E-state index is 11.4. The molecule has 3 N–H and O–H groups in total. The van der Waals surface area contributed by atoms with E-state index >= 15 is 0 Å². The smallest absolute Gasteiger partial charge is 0.313 e. The number of carbonyl (C=O) groups is 2. The van der Waals surface area contributed by atoms with Gasteiger partial charge in [-0.3, -0.25) is 9.59 Å². The van der Waals surface area contributed by atoms with Crippen LogP contribution in [0.5, 0.6) is 0 Å². The van der Waals surface area contributed by atoms with Crippen LogP contribution in [0.25, 0.3) is 0 Å². The van der Waals surface area contributed by atoms with E-state index in [0.29, 0.717) is 0 Å². The molecule has 16 heavy (non-hydrogen) atoms. The van der Waals surface area contributed by atoms with E-state index in [0.717, 1.165) is 37.4 Å². The van der Waals surface area contributed by atoms with Crippen molar-refractivity contribution in [3.63, 3.8) is 0 Å². The van der Waals surface area contributed by atoms with Gasteiger partial charge in [-0.2, -0.15) is 0 Å². The van der Waals surface area contributed by atoms with Gasteiger partial charge in [-0.25, -0.2) is 0 Å². The molecule has 1 aliphatic rings. The molecule has 2 atom stereocenters. The zero-order valence-corrected chi connectivity index (χ0v) is 9.83. The van der Waals surface area contributed by atoms with Gasteiger partial charge in [-0.15, -0.1) is 11.8 Å². The van der Waals surface area contributed by atoms with E-state index in [1.165, 1.54) is 0 Å². The molecule has 92 valence electrons. The number of rotatable bonds is 5. The predicted octanol–water partition coefficient (Wildman–Crippen LogP) is 0.224. The SMILES string of the molecule is O=C(O)CSCC(=O)NC1CCCCC1O. The molecule has 0 spiro atoms. The lowest BCUT2D eigenvalue weighted by molar-refractivity contribution is -0.133. The fourth-order valence-electron chi connectivity index (χ4n) is 1.76. The lowest BCUT2D eigenvalue weighted by Crippen LogP contribution is -2.45. The van der Waals surface area contributed by atoms with Gasteiger partial charge in [0.25, 0.3) is 0 Å². The average molecular weight is 247 g/mol. The summed E-state index contributed by atoms with van der Waals surface area (Å²) in [6.07, 6.45) is 3.09. The van der Waals surface area contributed by atoms with Gasteiger partial charge in [0, 0.05) is 0 Å². The van der Waals surface area contributed by atoms with Crippen molar-refractivity contribution in [2.24, 2.45) is 0 Å². The monoisotopic (exact) mass is 247 g/mol. The predicted molar refractivity (Wildman–Crippen MR) is 61.4 cm³/mol. The molecule has 1 amide bonds. The second kappa shape index (κ2) is 6.75. The van der Waals surface area contributed by atoms with E-state index < -0.39 is 12.1 Å². The van der Waals surface area contributed by atoms with Crippen molar-refractivity contribution in [1.82, 2.24) is 5.32 Å². The molecule has 0 aliphatic heterocycles.